The molecule has 0 spiro atoms. The van der Waals surface area contributed by atoms with Crippen LogP contribution in [0.25, 0.3) is 0 Å². The average Bonchev–Trinajstić information content (AvgIpc) is 2.77. The quantitative estimate of drug-likeness (QED) is 0.727. The summed E-state index contributed by atoms with van der Waals surface area (Å²) in [5, 5.41) is 0. The molecular formula is C24H36N2O5S. The molecule has 0 unspecified atom stereocenters. The van der Waals surface area contributed by atoms with Gasteiger partial charge in [0.1, 0.15) is 5.75 Å². The lowest BCUT2D eigenvalue weighted by Crippen LogP contribution is -2.59. The molecule has 1 aromatic carbocycles. The Hall–Kier alpha value is -1.64. The second-order valence-electron chi connectivity index (χ2n) is 9.44. The molecule has 5 rings (SSSR count). The number of nitrogens with one attached hydrogen (secondary N) is 1. The molecule has 4 aliphatic rings. The number of carbonyl (C=O) groups excluding carboxylic acids is 1. The summed E-state index contributed by atoms with van der Waals surface area (Å²) < 4.78 is 39.1. The SMILES string of the molecule is CS(=O)(=O)N[C@H]1CCCN2C(=O)CCCCOc3ccccc3[C@H]3CC[C@H](CC3)OC[C@@H]12. The van der Waals surface area contributed by atoms with Gasteiger partial charge in [-0.05, 0) is 68.9 Å². The first-order valence-corrected chi connectivity index (χ1v) is 13.9. The van der Waals surface area contributed by atoms with Gasteiger partial charge in [0.05, 0.1) is 31.6 Å². The van der Waals surface area contributed by atoms with Gasteiger partial charge in [-0.3, -0.25) is 4.79 Å². The number of piperidine rings is 1. The van der Waals surface area contributed by atoms with Gasteiger partial charge in [0.15, 0.2) is 0 Å². The van der Waals surface area contributed by atoms with Crippen LogP contribution in [0.15, 0.2) is 24.3 Å². The summed E-state index contributed by atoms with van der Waals surface area (Å²) in [6, 6.07) is 7.78. The predicted octanol–water partition coefficient (Wildman–Crippen LogP) is 3.20. The van der Waals surface area contributed by atoms with Gasteiger partial charge in [0, 0.05) is 19.0 Å². The van der Waals surface area contributed by atoms with E-state index in [-0.39, 0.29) is 24.1 Å². The van der Waals surface area contributed by atoms with E-state index in [1.165, 1.54) is 11.8 Å². The van der Waals surface area contributed by atoms with Crippen molar-refractivity contribution in [3.8, 4) is 5.75 Å². The molecule has 1 saturated heterocycles. The van der Waals surface area contributed by atoms with Crippen LogP contribution in [0, 0.1) is 0 Å². The van der Waals surface area contributed by atoms with E-state index < -0.39 is 10.0 Å². The monoisotopic (exact) mass is 464 g/mol. The van der Waals surface area contributed by atoms with Crippen LogP contribution < -0.4 is 9.46 Å². The molecule has 2 atom stereocenters. The summed E-state index contributed by atoms with van der Waals surface area (Å²) in [4.78, 5) is 14.9. The minimum atomic E-state index is -3.36. The van der Waals surface area contributed by atoms with Crippen molar-refractivity contribution >= 4 is 15.9 Å². The predicted molar refractivity (Wildman–Crippen MR) is 123 cm³/mol. The van der Waals surface area contributed by atoms with Crippen molar-refractivity contribution in [1.82, 2.24) is 9.62 Å². The van der Waals surface area contributed by atoms with Crippen molar-refractivity contribution in [2.45, 2.75) is 81.9 Å². The third-order valence-electron chi connectivity index (χ3n) is 7.04. The second kappa shape index (κ2) is 10.5. The number of carbonyl (C=O) groups is 1. The zero-order valence-electron chi connectivity index (χ0n) is 19.0. The third-order valence-corrected chi connectivity index (χ3v) is 7.77. The lowest BCUT2D eigenvalue weighted by molar-refractivity contribution is -0.138. The lowest BCUT2D eigenvalue weighted by Gasteiger charge is -2.42. The molecule has 178 valence electrons. The molecule has 1 amide bonds. The highest BCUT2D eigenvalue weighted by Gasteiger charge is 2.36. The zero-order valence-corrected chi connectivity index (χ0v) is 19.8. The highest BCUT2D eigenvalue weighted by Crippen LogP contribution is 2.38. The van der Waals surface area contributed by atoms with E-state index in [9.17, 15) is 13.2 Å². The smallest absolute Gasteiger partial charge is 0.222 e. The Labute approximate surface area is 191 Å². The first kappa shape index (κ1) is 23.5. The fourth-order valence-corrected chi connectivity index (χ4v) is 6.24. The maximum atomic E-state index is 13.1. The Balaban J connectivity index is 1.51. The fourth-order valence-electron chi connectivity index (χ4n) is 5.41. The van der Waals surface area contributed by atoms with E-state index in [1.54, 1.807) is 0 Å². The first-order valence-electron chi connectivity index (χ1n) is 12.0. The lowest BCUT2D eigenvalue weighted by atomic mass is 9.82. The van der Waals surface area contributed by atoms with Crippen molar-refractivity contribution in [2.75, 3.05) is 26.0 Å². The Kier molecular flexibility index (Phi) is 7.74. The number of sulfonamides is 1. The number of fused-ring (bicyclic) bond motifs is 8. The van der Waals surface area contributed by atoms with E-state index >= 15 is 0 Å². The summed E-state index contributed by atoms with van der Waals surface area (Å²) in [5.74, 6) is 1.53. The van der Waals surface area contributed by atoms with Gasteiger partial charge in [0.25, 0.3) is 0 Å². The summed E-state index contributed by atoms with van der Waals surface area (Å²) in [5.41, 5.74) is 1.28. The van der Waals surface area contributed by atoms with Gasteiger partial charge in [-0.1, -0.05) is 18.2 Å². The molecule has 3 aliphatic heterocycles. The van der Waals surface area contributed by atoms with E-state index in [1.807, 2.05) is 11.0 Å². The van der Waals surface area contributed by atoms with Gasteiger partial charge in [-0.2, -0.15) is 0 Å². The maximum Gasteiger partial charge on any atom is 0.222 e. The number of hydrogen-bond donors (Lipinski definition) is 1. The van der Waals surface area contributed by atoms with Crippen LogP contribution in [0.5, 0.6) is 5.75 Å². The van der Waals surface area contributed by atoms with Crippen LogP contribution in [-0.4, -0.2) is 63.4 Å². The van der Waals surface area contributed by atoms with Gasteiger partial charge >= 0.3 is 0 Å². The summed E-state index contributed by atoms with van der Waals surface area (Å²) in [6.45, 7) is 1.64. The number of hydrogen-bond acceptors (Lipinski definition) is 5. The minimum absolute atomic E-state index is 0.0785. The number of para-hydroxylation sites is 1. The molecule has 2 bridgehead atoms. The first-order chi connectivity index (χ1) is 15.4. The Bertz CT molecular complexity index is 882. The van der Waals surface area contributed by atoms with Crippen molar-refractivity contribution in [1.29, 1.82) is 0 Å². The van der Waals surface area contributed by atoms with E-state index in [0.717, 1.165) is 57.1 Å². The average molecular weight is 465 g/mol. The van der Waals surface area contributed by atoms with Gasteiger partial charge in [-0.15, -0.1) is 0 Å². The molecule has 32 heavy (non-hydrogen) atoms. The normalized spacial score (nSPS) is 30.3. The maximum absolute atomic E-state index is 13.1. The molecule has 0 aromatic heterocycles. The van der Waals surface area contributed by atoms with Gasteiger partial charge < -0.3 is 14.4 Å². The van der Waals surface area contributed by atoms with E-state index in [2.05, 4.69) is 22.9 Å². The third kappa shape index (κ3) is 6.02. The zero-order chi connectivity index (χ0) is 22.6. The van der Waals surface area contributed by atoms with Crippen molar-refractivity contribution < 1.29 is 22.7 Å². The number of benzene rings is 1. The van der Waals surface area contributed by atoms with Crippen LogP contribution in [0.1, 0.15) is 69.3 Å². The highest BCUT2D eigenvalue weighted by atomic mass is 32.2. The standard InChI is InChI=1S/C24H36N2O5S/c1-32(28,29)25-21-8-6-15-26-22(21)17-31-19-13-11-18(12-14-19)20-7-2-3-9-23(20)30-16-5-4-10-24(26)27/h2-3,7,9,18-19,21-22,25H,4-6,8,10-17H2,1H3/t18-,19+,21-,22-/m0/s1. The Morgan fingerprint density at radius 1 is 1.03 bits per heavy atom. The van der Waals surface area contributed by atoms with Crippen molar-refractivity contribution in [3.05, 3.63) is 29.8 Å². The number of amides is 1. The summed E-state index contributed by atoms with van der Waals surface area (Å²) >= 11 is 0. The summed E-state index contributed by atoms with van der Waals surface area (Å²) in [6.07, 6.45) is 8.87. The van der Waals surface area contributed by atoms with Crippen molar-refractivity contribution in [2.24, 2.45) is 0 Å². The van der Waals surface area contributed by atoms with E-state index in [4.69, 9.17) is 9.47 Å². The molecule has 1 aromatic rings. The molecule has 1 N–H and O–H groups in total. The molecule has 3 heterocycles. The second-order valence-corrected chi connectivity index (χ2v) is 11.2. The highest BCUT2D eigenvalue weighted by molar-refractivity contribution is 7.88. The van der Waals surface area contributed by atoms with E-state index in [0.29, 0.717) is 32.1 Å². The van der Waals surface area contributed by atoms with Gasteiger partial charge in [0.2, 0.25) is 15.9 Å². The molecule has 1 aliphatic carbocycles. The number of ether oxygens (including phenoxy) is 2. The van der Waals surface area contributed by atoms with Crippen LogP contribution in [0.2, 0.25) is 0 Å². The molecule has 1 saturated carbocycles. The summed E-state index contributed by atoms with van der Waals surface area (Å²) in [7, 11) is -3.36. The Morgan fingerprint density at radius 3 is 2.59 bits per heavy atom. The molecule has 0 radical (unpaired) electrons. The van der Waals surface area contributed by atoms with Crippen LogP contribution in [-0.2, 0) is 19.6 Å². The van der Waals surface area contributed by atoms with Crippen molar-refractivity contribution in [3.63, 3.8) is 0 Å². The van der Waals surface area contributed by atoms with Crippen LogP contribution >= 0.6 is 0 Å². The Morgan fingerprint density at radius 2 is 1.81 bits per heavy atom. The topological polar surface area (TPSA) is 84.9 Å². The minimum Gasteiger partial charge on any atom is -0.493 e. The number of nitrogens with zero attached hydrogens (tertiary/aromatic N) is 1. The van der Waals surface area contributed by atoms with Crippen LogP contribution in [0.3, 0.4) is 0 Å². The molecule has 7 nitrogen and oxygen atoms in total. The molecule has 2 fully saturated rings. The van der Waals surface area contributed by atoms with Gasteiger partial charge in [-0.25, -0.2) is 13.1 Å². The molecular weight excluding hydrogens is 428 g/mol. The number of rotatable bonds is 2. The largest absolute Gasteiger partial charge is 0.493 e. The van der Waals surface area contributed by atoms with Crippen LogP contribution in [0.4, 0.5) is 0 Å². The fraction of sp³-hybridized carbons (Fsp3) is 0.708. The molecule has 8 heteroatoms.